The van der Waals surface area contributed by atoms with Crippen LogP contribution in [-0.4, -0.2) is 9.78 Å². The highest BCUT2D eigenvalue weighted by Gasteiger charge is 2.21. The maximum Gasteiger partial charge on any atom is 0.0672 e. The van der Waals surface area contributed by atoms with Crippen LogP contribution in [0.15, 0.2) is 0 Å². The predicted molar refractivity (Wildman–Crippen MR) is 77.8 cm³/mol. The lowest BCUT2D eigenvalue weighted by Gasteiger charge is -2.16. The summed E-state index contributed by atoms with van der Waals surface area (Å²) in [5, 5.41) is 4.82. The molecule has 18 heavy (non-hydrogen) atoms. The summed E-state index contributed by atoms with van der Waals surface area (Å²) in [4.78, 5) is 0. The van der Waals surface area contributed by atoms with Crippen LogP contribution in [0.1, 0.15) is 82.9 Å². The molecular formula is C15H29N3. The highest BCUT2D eigenvalue weighted by Crippen LogP contribution is 2.27. The Morgan fingerprint density at radius 2 is 1.83 bits per heavy atom. The van der Waals surface area contributed by atoms with Gasteiger partial charge in [-0.25, -0.2) is 0 Å². The van der Waals surface area contributed by atoms with Gasteiger partial charge < -0.3 is 5.73 Å². The summed E-state index contributed by atoms with van der Waals surface area (Å²) in [5.74, 6) is 0. The molecule has 0 bridgehead atoms. The molecule has 3 heteroatoms. The molecule has 1 aromatic heterocycles. The zero-order valence-electron chi connectivity index (χ0n) is 12.7. The standard InChI is InChI=1S/C15H29N3/c1-6-10-11(5)18-14(9-4)15(12(16)7-2)13(8-3)17-18/h11-12H,6-10,16H2,1-5H3. The first-order chi connectivity index (χ1) is 8.60. The predicted octanol–water partition coefficient (Wildman–Crippen LogP) is 3.78. The first-order valence-corrected chi connectivity index (χ1v) is 7.46. The molecule has 2 N–H and O–H groups in total. The van der Waals surface area contributed by atoms with Crippen LogP contribution in [0.2, 0.25) is 0 Å². The molecule has 0 spiro atoms. The Kier molecular flexibility index (Phi) is 5.86. The van der Waals surface area contributed by atoms with E-state index >= 15 is 0 Å². The maximum absolute atomic E-state index is 6.28. The fraction of sp³-hybridized carbons (Fsp3) is 0.800. The Morgan fingerprint density at radius 3 is 2.28 bits per heavy atom. The van der Waals surface area contributed by atoms with Crippen molar-refractivity contribution in [2.24, 2.45) is 5.73 Å². The van der Waals surface area contributed by atoms with Crippen molar-refractivity contribution >= 4 is 0 Å². The van der Waals surface area contributed by atoms with Gasteiger partial charge in [0.2, 0.25) is 0 Å². The van der Waals surface area contributed by atoms with Crippen LogP contribution in [0.5, 0.6) is 0 Å². The average Bonchev–Trinajstić information content (AvgIpc) is 2.76. The van der Waals surface area contributed by atoms with Crippen molar-refractivity contribution < 1.29 is 0 Å². The fourth-order valence-electron chi connectivity index (χ4n) is 2.68. The van der Waals surface area contributed by atoms with E-state index in [-0.39, 0.29) is 6.04 Å². The largest absolute Gasteiger partial charge is 0.324 e. The molecular weight excluding hydrogens is 222 g/mol. The van der Waals surface area contributed by atoms with Gasteiger partial charge in [0.15, 0.2) is 0 Å². The van der Waals surface area contributed by atoms with Crippen molar-refractivity contribution in [1.82, 2.24) is 9.78 Å². The lowest BCUT2D eigenvalue weighted by atomic mass is 9.99. The monoisotopic (exact) mass is 251 g/mol. The summed E-state index contributed by atoms with van der Waals surface area (Å²) in [6, 6.07) is 0.616. The van der Waals surface area contributed by atoms with E-state index in [0.29, 0.717) is 6.04 Å². The van der Waals surface area contributed by atoms with Crippen LogP contribution in [0.25, 0.3) is 0 Å². The van der Waals surface area contributed by atoms with Gasteiger partial charge in [0.05, 0.1) is 5.69 Å². The lowest BCUT2D eigenvalue weighted by Crippen LogP contribution is -2.14. The fourth-order valence-corrected chi connectivity index (χ4v) is 2.68. The van der Waals surface area contributed by atoms with E-state index in [1.807, 2.05) is 0 Å². The van der Waals surface area contributed by atoms with E-state index in [2.05, 4.69) is 39.3 Å². The zero-order valence-corrected chi connectivity index (χ0v) is 12.7. The minimum Gasteiger partial charge on any atom is -0.324 e. The topological polar surface area (TPSA) is 43.8 Å². The third-order valence-corrected chi connectivity index (χ3v) is 3.73. The Labute approximate surface area is 112 Å². The average molecular weight is 251 g/mol. The summed E-state index contributed by atoms with van der Waals surface area (Å²) >= 11 is 0. The van der Waals surface area contributed by atoms with Crippen molar-refractivity contribution in [3.8, 4) is 0 Å². The first-order valence-electron chi connectivity index (χ1n) is 7.46. The van der Waals surface area contributed by atoms with Crippen LogP contribution in [0, 0.1) is 0 Å². The minimum atomic E-state index is 0.137. The normalized spacial score (nSPS) is 14.8. The van der Waals surface area contributed by atoms with Gasteiger partial charge in [0, 0.05) is 23.3 Å². The SMILES string of the molecule is CCCC(C)n1nc(CC)c(C(N)CC)c1CC. The Hall–Kier alpha value is -0.830. The molecule has 1 aromatic rings. The maximum atomic E-state index is 6.28. The number of hydrogen-bond donors (Lipinski definition) is 1. The molecule has 0 saturated carbocycles. The number of hydrogen-bond acceptors (Lipinski definition) is 2. The van der Waals surface area contributed by atoms with Crippen LogP contribution in [0.4, 0.5) is 0 Å². The van der Waals surface area contributed by atoms with Gasteiger partial charge in [-0.1, -0.05) is 34.1 Å². The third kappa shape index (κ3) is 2.94. The van der Waals surface area contributed by atoms with Gasteiger partial charge in [0.25, 0.3) is 0 Å². The number of nitrogens with zero attached hydrogens (tertiary/aromatic N) is 2. The summed E-state index contributed by atoms with van der Waals surface area (Å²) in [7, 11) is 0. The van der Waals surface area contributed by atoms with E-state index in [9.17, 15) is 0 Å². The molecule has 2 atom stereocenters. The van der Waals surface area contributed by atoms with Crippen molar-refractivity contribution in [3.63, 3.8) is 0 Å². The molecule has 2 unspecified atom stereocenters. The van der Waals surface area contributed by atoms with Crippen molar-refractivity contribution in [2.45, 2.75) is 78.8 Å². The highest BCUT2D eigenvalue weighted by molar-refractivity contribution is 5.30. The number of aromatic nitrogens is 2. The molecule has 0 aliphatic carbocycles. The van der Waals surface area contributed by atoms with Gasteiger partial charge in [-0.15, -0.1) is 0 Å². The van der Waals surface area contributed by atoms with Crippen LogP contribution >= 0.6 is 0 Å². The second-order valence-electron chi connectivity index (χ2n) is 5.11. The Balaban J connectivity index is 3.23. The van der Waals surface area contributed by atoms with Gasteiger partial charge in [-0.2, -0.15) is 5.10 Å². The summed E-state index contributed by atoms with van der Waals surface area (Å²) in [5.41, 5.74) is 10.1. The van der Waals surface area contributed by atoms with E-state index in [1.54, 1.807) is 0 Å². The highest BCUT2D eigenvalue weighted by atomic mass is 15.3. The molecule has 0 aliphatic heterocycles. The van der Waals surface area contributed by atoms with E-state index in [1.165, 1.54) is 29.8 Å². The molecule has 0 aliphatic rings. The van der Waals surface area contributed by atoms with E-state index in [4.69, 9.17) is 10.8 Å². The summed E-state index contributed by atoms with van der Waals surface area (Å²) in [6.45, 7) is 11.0. The van der Waals surface area contributed by atoms with E-state index in [0.717, 1.165) is 19.3 Å². The van der Waals surface area contributed by atoms with Gasteiger partial charge in [-0.05, 0) is 32.6 Å². The lowest BCUT2D eigenvalue weighted by molar-refractivity contribution is 0.437. The second-order valence-corrected chi connectivity index (χ2v) is 5.11. The van der Waals surface area contributed by atoms with Gasteiger partial charge in [-0.3, -0.25) is 4.68 Å². The molecule has 3 nitrogen and oxygen atoms in total. The van der Waals surface area contributed by atoms with Gasteiger partial charge in [0.1, 0.15) is 0 Å². The molecule has 104 valence electrons. The second kappa shape index (κ2) is 6.93. The quantitative estimate of drug-likeness (QED) is 0.801. The molecule has 1 rings (SSSR count). The van der Waals surface area contributed by atoms with Gasteiger partial charge >= 0.3 is 0 Å². The molecule has 0 fully saturated rings. The third-order valence-electron chi connectivity index (χ3n) is 3.73. The van der Waals surface area contributed by atoms with E-state index < -0.39 is 0 Å². The van der Waals surface area contributed by atoms with Crippen LogP contribution in [0.3, 0.4) is 0 Å². The molecule has 0 amide bonds. The summed E-state index contributed by atoms with van der Waals surface area (Å²) in [6.07, 6.45) is 5.35. The number of rotatable bonds is 7. The zero-order chi connectivity index (χ0) is 13.7. The van der Waals surface area contributed by atoms with Crippen LogP contribution < -0.4 is 5.73 Å². The Morgan fingerprint density at radius 1 is 1.17 bits per heavy atom. The van der Waals surface area contributed by atoms with Crippen molar-refractivity contribution in [2.75, 3.05) is 0 Å². The van der Waals surface area contributed by atoms with Crippen LogP contribution in [-0.2, 0) is 12.8 Å². The van der Waals surface area contributed by atoms with Crippen molar-refractivity contribution in [3.05, 3.63) is 17.0 Å². The number of aryl methyl sites for hydroxylation is 1. The molecule has 1 heterocycles. The summed E-state index contributed by atoms with van der Waals surface area (Å²) < 4.78 is 2.23. The molecule has 0 saturated heterocycles. The first kappa shape index (κ1) is 15.2. The molecule has 0 aromatic carbocycles. The van der Waals surface area contributed by atoms with Crippen molar-refractivity contribution in [1.29, 1.82) is 0 Å². The smallest absolute Gasteiger partial charge is 0.0672 e. The minimum absolute atomic E-state index is 0.137. The number of nitrogens with two attached hydrogens (primary N) is 1. The molecule has 0 radical (unpaired) electrons. The Bertz CT molecular complexity index is 368.